The Hall–Kier alpha value is -1.07. The van der Waals surface area contributed by atoms with Crippen molar-refractivity contribution in [1.29, 1.82) is 0 Å². The first-order valence-electron chi connectivity index (χ1n) is 5.79. The Balaban J connectivity index is 2.01. The molecule has 2 nitrogen and oxygen atoms in total. The topological polar surface area (TPSA) is 38.0 Å². The molecule has 1 unspecified atom stereocenters. The molecular formula is C14H14ClFN2S. The van der Waals surface area contributed by atoms with Crippen molar-refractivity contribution in [1.82, 2.24) is 5.43 Å². The Bertz CT molecular complexity index is 533. The van der Waals surface area contributed by atoms with Crippen molar-refractivity contribution >= 4 is 23.4 Å². The average molecular weight is 297 g/mol. The summed E-state index contributed by atoms with van der Waals surface area (Å²) in [7, 11) is 0. The van der Waals surface area contributed by atoms with E-state index in [1.54, 1.807) is 23.9 Å². The SMILES string of the molecule is NNC(CSc1cccc(Cl)c1)c1ccc(F)cc1. The Morgan fingerprint density at radius 1 is 1.21 bits per heavy atom. The van der Waals surface area contributed by atoms with E-state index in [9.17, 15) is 4.39 Å². The van der Waals surface area contributed by atoms with Crippen LogP contribution in [-0.4, -0.2) is 5.75 Å². The van der Waals surface area contributed by atoms with Gasteiger partial charge in [0.25, 0.3) is 0 Å². The molecule has 2 aromatic carbocycles. The van der Waals surface area contributed by atoms with E-state index in [-0.39, 0.29) is 11.9 Å². The molecule has 0 bridgehead atoms. The van der Waals surface area contributed by atoms with Gasteiger partial charge in [0.1, 0.15) is 5.82 Å². The molecule has 0 saturated heterocycles. The smallest absolute Gasteiger partial charge is 0.123 e. The van der Waals surface area contributed by atoms with Crippen molar-refractivity contribution in [3.8, 4) is 0 Å². The van der Waals surface area contributed by atoms with E-state index in [0.717, 1.165) is 16.2 Å². The Kier molecular flexibility index (Phi) is 5.22. The van der Waals surface area contributed by atoms with Gasteiger partial charge in [-0.05, 0) is 35.9 Å². The molecule has 2 aromatic rings. The van der Waals surface area contributed by atoms with Gasteiger partial charge < -0.3 is 0 Å². The third-order valence-corrected chi connectivity index (χ3v) is 4.01. The number of hydrazine groups is 1. The molecule has 1 atom stereocenters. The fourth-order valence-corrected chi connectivity index (χ4v) is 2.96. The molecule has 0 spiro atoms. The lowest BCUT2D eigenvalue weighted by molar-refractivity contribution is 0.601. The lowest BCUT2D eigenvalue weighted by atomic mass is 10.1. The molecule has 2 rings (SSSR count). The molecule has 0 aliphatic rings. The molecule has 0 radical (unpaired) electrons. The van der Waals surface area contributed by atoms with Crippen molar-refractivity contribution in [2.45, 2.75) is 10.9 Å². The molecular weight excluding hydrogens is 283 g/mol. The molecule has 5 heteroatoms. The molecule has 100 valence electrons. The van der Waals surface area contributed by atoms with Crippen LogP contribution in [0.25, 0.3) is 0 Å². The number of benzene rings is 2. The number of nitrogens with two attached hydrogens (primary N) is 1. The lowest BCUT2D eigenvalue weighted by Crippen LogP contribution is -2.29. The van der Waals surface area contributed by atoms with E-state index in [2.05, 4.69) is 5.43 Å². The maximum absolute atomic E-state index is 12.9. The van der Waals surface area contributed by atoms with Gasteiger partial charge in [-0.3, -0.25) is 11.3 Å². The second-order valence-corrected chi connectivity index (χ2v) is 5.57. The van der Waals surface area contributed by atoms with E-state index in [0.29, 0.717) is 5.02 Å². The summed E-state index contributed by atoms with van der Waals surface area (Å²) in [6.45, 7) is 0. The highest BCUT2D eigenvalue weighted by Crippen LogP contribution is 2.26. The third kappa shape index (κ3) is 4.21. The van der Waals surface area contributed by atoms with E-state index in [1.165, 1.54) is 12.1 Å². The summed E-state index contributed by atoms with van der Waals surface area (Å²) >= 11 is 7.58. The highest BCUT2D eigenvalue weighted by molar-refractivity contribution is 7.99. The molecule has 0 amide bonds. The molecule has 0 aliphatic carbocycles. The summed E-state index contributed by atoms with van der Waals surface area (Å²) in [5.41, 5.74) is 3.70. The van der Waals surface area contributed by atoms with Crippen LogP contribution in [0, 0.1) is 5.82 Å². The summed E-state index contributed by atoms with van der Waals surface area (Å²) in [5.74, 6) is 6.04. The highest BCUT2D eigenvalue weighted by Gasteiger charge is 2.10. The number of rotatable bonds is 5. The zero-order chi connectivity index (χ0) is 13.7. The lowest BCUT2D eigenvalue weighted by Gasteiger charge is -2.16. The Morgan fingerprint density at radius 3 is 2.58 bits per heavy atom. The fourth-order valence-electron chi connectivity index (χ4n) is 1.67. The van der Waals surface area contributed by atoms with Crippen LogP contribution >= 0.6 is 23.4 Å². The summed E-state index contributed by atoms with van der Waals surface area (Å²) in [6.07, 6.45) is 0. The van der Waals surface area contributed by atoms with Crippen molar-refractivity contribution in [2.24, 2.45) is 5.84 Å². The number of thioether (sulfide) groups is 1. The minimum Gasteiger partial charge on any atom is -0.271 e. The van der Waals surface area contributed by atoms with Gasteiger partial charge in [0.2, 0.25) is 0 Å². The van der Waals surface area contributed by atoms with Crippen LogP contribution in [0.4, 0.5) is 4.39 Å². The zero-order valence-corrected chi connectivity index (χ0v) is 11.7. The van der Waals surface area contributed by atoms with E-state index >= 15 is 0 Å². The molecule has 0 aliphatic heterocycles. The van der Waals surface area contributed by atoms with Crippen LogP contribution in [0.1, 0.15) is 11.6 Å². The first-order valence-corrected chi connectivity index (χ1v) is 7.15. The second-order valence-electron chi connectivity index (χ2n) is 4.04. The fraction of sp³-hybridized carbons (Fsp3) is 0.143. The van der Waals surface area contributed by atoms with Crippen LogP contribution < -0.4 is 11.3 Å². The average Bonchev–Trinajstić information content (AvgIpc) is 2.41. The van der Waals surface area contributed by atoms with Crippen LogP contribution in [0.15, 0.2) is 53.4 Å². The number of hydrogen-bond donors (Lipinski definition) is 2. The quantitative estimate of drug-likeness (QED) is 0.501. The van der Waals surface area contributed by atoms with Crippen molar-refractivity contribution < 1.29 is 4.39 Å². The highest BCUT2D eigenvalue weighted by atomic mass is 35.5. The van der Waals surface area contributed by atoms with Crippen molar-refractivity contribution in [2.75, 3.05) is 5.75 Å². The van der Waals surface area contributed by atoms with Gasteiger partial charge >= 0.3 is 0 Å². The van der Waals surface area contributed by atoms with Gasteiger partial charge in [-0.1, -0.05) is 29.8 Å². The largest absolute Gasteiger partial charge is 0.271 e. The monoisotopic (exact) mass is 296 g/mol. The molecule has 19 heavy (non-hydrogen) atoms. The molecule has 0 aromatic heterocycles. The Labute approximate surface area is 121 Å². The number of hydrogen-bond acceptors (Lipinski definition) is 3. The summed E-state index contributed by atoms with van der Waals surface area (Å²) in [6, 6.07) is 13.9. The maximum atomic E-state index is 12.9. The van der Waals surface area contributed by atoms with E-state index < -0.39 is 0 Å². The third-order valence-electron chi connectivity index (χ3n) is 2.69. The predicted octanol–water partition coefficient (Wildman–Crippen LogP) is 3.78. The van der Waals surface area contributed by atoms with Crippen molar-refractivity contribution in [3.05, 3.63) is 64.9 Å². The van der Waals surface area contributed by atoms with Gasteiger partial charge in [-0.25, -0.2) is 4.39 Å². The molecule has 0 saturated carbocycles. The number of halogens is 2. The molecule has 3 N–H and O–H groups in total. The summed E-state index contributed by atoms with van der Waals surface area (Å²) in [5, 5.41) is 0.712. The van der Waals surface area contributed by atoms with Crippen LogP contribution in [0.5, 0.6) is 0 Å². The molecule has 0 fully saturated rings. The summed E-state index contributed by atoms with van der Waals surface area (Å²) < 4.78 is 12.9. The number of nitrogens with one attached hydrogen (secondary N) is 1. The predicted molar refractivity (Wildman–Crippen MR) is 78.6 cm³/mol. The van der Waals surface area contributed by atoms with Crippen LogP contribution in [-0.2, 0) is 0 Å². The van der Waals surface area contributed by atoms with Crippen LogP contribution in [0.2, 0.25) is 5.02 Å². The van der Waals surface area contributed by atoms with Gasteiger partial charge in [-0.15, -0.1) is 11.8 Å². The van der Waals surface area contributed by atoms with Crippen LogP contribution in [0.3, 0.4) is 0 Å². The second kappa shape index (κ2) is 6.91. The first-order chi connectivity index (χ1) is 9.19. The van der Waals surface area contributed by atoms with Gasteiger partial charge in [0.15, 0.2) is 0 Å². The van der Waals surface area contributed by atoms with Gasteiger partial charge in [0.05, 0.1) is 6.04 Å². The standard InChI is InChI=1S/C14H14ClFN2S/c15-11-2-1-3-13(8-11)19-9-14(18-17)10-4-6-12(16)7-5-10/h1-8,14,18H,9,17H2. The normalized spacial score (nSPS) is 12.4. The molecule has 0 heterocycles. The first kappa shape index (κ1) is 14.3. The van der Waals surface area contributed by atoms with E-state index in [1.807, 2.05) is 24.3 Å². The zero-order valence-electron chi connectivity index (χ0n) is 10.1. The minimum atomic E-state index is -0.248. The maximum Gasteiger partial charge on any atom is 0.123 e. The van der Waals surface area contributed by atoms with Gasteiger partial charge in [-0.2, -0.15) is 0 Å². The summed E-state index contributed by atoms with van der Waals surface area (Å²) in [4.78, 5) is 1.08. The van der Waals surface area contributed by atoms with E-state index in [4.69, 9.17) is 17.4 Å². The van der Waals surface area contributed by atoms with Crippen molar-refractivity contribution in [3.63, 3.8) is 0 Å². The minimum absolute atomic E-state index is 0.0374. The Morgan fingerprint density at radius 2 is 1.95 bits per heavy atom. The van der Waals surface area contributed by atoms with Gasteiger partial charge in [0, 0.05) is 15.7 Å².